The number of carbonyl (C=O) groups excluding carboxylic acids is 2. The molecule has 0 aliphatic carbocycles. The fraction of sp³-hybridized carbons (Fsp3) is 0.400. The van der Waals surface area contributed by atoms with Crippen LogP contribution in [0.1, 0.15) is 33.5 Å². The molecule has 0 radical (unpaired) electrons. The largest absolute Gasteiger partial charge is 0.476 e. The summed E-state index contributed by atoms with van der Waals surface area (Å²) in [5.74, 6) is 1.15. The van der Waals surface area contributed by atoms with Crippen molar-refractivity contribution in [2.75, 3.05) is 25.5 Å². The molecule has 0 saturated heterocycles. The van der Waals surface area contributed by atoms with Gasteiger partial charge in [0.2, 0.25) is 11.8 Å². The zero-order valence-corrected chi connectivity index (χ0v) is 22.2. The van der Waals surface area contributed by atoms with Gasteiger partial charge in [-0.1, -0.05) is 41.7 Å². The number of rotatable bonds is 9. The van der Waals surface area contributed by atoms with Crippen LogP contribution in [-0.2, 0) is 9.53 Å². The van der Waals surface area contributed by atoms with Crippen molar-refractivity contribution >= 4 is 34.3 Å². The molecule has 0 aliphatic rings. The van der Waals surface area contributed by atoms with E-state index >= 15 is 0 Å². The summed E-state index contributed by atoms with van der Waals surface area (Å²) in [6.07, 6.45) is 1.26. The third-order valence-corrected chi connectivity index (χ3v) is 5.87. The van der Waals surface area contributed by atoms with Gasteiger partial charge in [-0.2, -0.15) is 4.98 Å². The summed E-state index contributed by atoms with van der Waals surface area (Å²) < 4.78 is 11.0. The number of hydrogen-bond acceptors (Lipinski definition) is 9. The minimum Gasteiger partial charge on any atom is -0.476 e. The molecule has 2 N–H and O–H groups in total. The average molecular weight is 513 g/mol. The molecule has 1 aromatic carbocycles. The molecular formula is C25H32N6O4S. The average Bonchev–Trinajstić information content (AvgIpc) is 3.28. The Morgan fingerprint density at radius 2 is 1.89 bits per heavy atom. The Balaban J connectivity index is 1.50. The Labute approximate surface area is 215 Å². The molecule has 0 fully saturated rings. The van der Waals surface area contributed by atoms with Gasteiger partial charge >= 0.3 is 6.09 Å². The molecule has 2 heterocycles. The van der Waals surface area contributed by atoms with E-state index in [1.165, 1.54) is 23.3 Å². The maximum Gasteiger partial charge on any atom is 0.410 e. The van der Waals surface area contributed by atoms with Crippen LogP contribution in [0.4, 0.5) is 15.7 Å². The number of ether oxygens (including phenoxy) is 2. The summed E-state index contributed by atoms with van der Waals surface area (Å²) in [5.41, 5.74) is 0.460. The van der Waals surface area contributed by atoms with Gasteiger partial charge in [-0.05, 0) is 40.2 Å². The van der Waals surface area contributed by atoms with Crippen molar-refractivity contribution in [3.63, 3.8) is 0 Å². The smallest absolute Gasteiger partial charge is 0.410 e. The van der Waals surface area contributed by atoms with Crippen molar-refractivity contribution in [2.24, 2.45) is 0 Å². The van der Waals surface area contributed by atoms with Gasteiger partial charge in [0.05, 0.1) is 11.4 Å². The van der Waals surface area contributed by atoms with Crippen molar-refractivity contribution in [1.29, 1.82) is 0 Å². The summed E-state index contributed by atoms with van der Waals surface area (Å²) in [6.45, 7) is 9.16. The van der Waals surface area contributed by atoms with E-state index in [4.69, 9.17) is 9.47 Å². The molecule has 0 unspecified atom stereocenters. The maximum atomic E-state index is 12.4. The minimum absolute atomic E-state index is 0.194. The van der Waals surface area contributed by atoms with Crippen molar-refractivity contribution < 1.29 is 19.1 Å². The third kappa shape index (κ3) is 7.91. The molecular weight excluding hydrogens is 480 g/mol. The molecule has 0 saturated carbocycles. The molecule has 192 valence electrons. The first-order valence-electron chi connectivity index (χ1n) is 11.5. The van der Waals surface area contributed by atoms with Crippen LogP contribution in [-0.4, -0.2) is 63.7 Å². The van der Waals surface area contributed by atoms with E-state index in [9.17, 15) is 9.59 Å². The van der Waals surface area contributed by atoms with Crippen molar-refractivity contribution in [2.45, 2.75) is 46.3 Å². The van der Waals surface area contributed by atoms with E-state index in [2.05, 4.69) is 25.6 Å². The number of benzene rings is 1. The highest BCUT2D eigenvalue weighted by atomic mass is 32.1. The lowest BCUT2D eigenvalue weighted by molar-refractivity contribution is -0.125. The highest BCUT2D eigenvalue weighted by molar-refractivity contribution is 7.18. The van der Waals surface area contributed by atoms with Gasteiger partial charge in [0.25, 0.3) is 0 Å². The molecule has 3 aromatic rings. The van der Waals surface area contributed by atoms with Gasteiger partial charge in [0.15, 0.2) is 5.13 Å². The molecule has 0 spiro atoms. The van der Waals surface area contributed by atoms with Gasteiger partial charge in [-0.15, -0.1) is 0 Å². The second-order valence-corrected chi connectivity index (χ2v) is 10.1. The fourth-order valence-electron chi connectivity index (χ4n) is 3.00. The van der Waals surface area contributed by atoms with Crippen LogP contribution in [0.15, 0.2) is 42.6 Å². The molecule has 0 bridgehead atoms. The fourth-order valence-corrected chi connectivity index (χ4v) is 3.83. The number of nitrogens with zero attached hydrogens (tertiary/aromatic N) is 4. The number of hydrogen-bond donors (Lipinski definition) is 2. The normalized spacial score (nSPS) is 11.9. The second-order valence-electron chi connectivity index (χ2n) is 9.07. The number of nitrogens with one attached hydrogen (secondary N) is 2. The van der Waals surface area contributed by atoms with Crippen LogP contribution >= 0.6 is 11.3 Å². The molecule has 1 atom stereocenters. The summed E-state index contributed by atoms with van der Waals surface area (Å²) >= 11 is 1.52. The quantitative estimate of drug-likeness (QED) is 0.405. The lowest BCUT2D eigenvalue weighted by Crippen LogP contribution is -2.48. The van der Waals surface area contributed by atoms with Gasteiger partial charge in [-0.25, -0.2) is 14.8 Å². The summed E-state index contributed by atoms with van der Waals surface area (Å²) in [4.78, 5) is 40.0. The van der Waals surface area contributed by atoms with E-state index < -0.39 is 17.7 Å². The lowest BCUT2D eigenvalue weighted by atomic mass is 10.2. The Hall–Kier alpha value is -3.73. The van der Waals surface area contributed by atoms with Crippen LogP contribution in [0.3, 0.4) is 0 Å². The maximum absolute atomic E-state index is 12.4. The van der Waals surface area contributed by atoms with Gasteiger partial charge < -0.3 is 20.1 Å². The minimum atomic E-state index is -0.698. The topological polar surface area (TPSA) is 119 Å². The Bertz CT molecular complexity index is 1180. The zero-order valence-electron chi connectivity index (χ0n) is 21.4. The van der Waals surface area contributed by atoms with Crippen molar-refractivity contribution in [1.82, 2.24) is 25.2 Å². The van der Waals surface area contributed by atoms with Crippen LogP contribution in [0.5, 0.6) is 5.88 Å². The zero-order chi connectivity index (χ0) is 26.3. The van der Waals surface area contributed by atoms with Gasteiger partial charge in [0.1, 0.15) is 29.9 Å². The van der Waals surface area contributed by atoms with E-state index in [0.29, 0.717) is 22.7 Å². The van der Waals surface area contributed by atoms with Gasteiger partial charge in [-0.3, -0.25) is 9.69 Å². The molecule has 11 heteroatoms. The van der Waals surface area contributed by atoms with Gasteiger partial charge in [0, 0.05) is 19.3 Å². The number of likely N-dealkylation sites (N-methyl/N-ethyl adjacent to an activating group) is 1. The second kappa shape index (κ2) is 11.8. The predicted molar refractivity (Wildman–Crippen MR) is 140 cm³/mol. The highest BCUT2D eigenvalue weighted by Crippen LogP contribution is 2.30. The van der Waals surface area contributed by atoms with E-state index in [1.807, 2.05) is 36.5 Å². The number of anilines is 2. The Morgan fingerprint density at radius 3 is 2.58 bits per heavy atom. The van der Waals surface area contributed by atoms with Crippen molar-refractivity contribution in [3.05, 3.63) is 48.4 Å². The molecule has 3 rings (SSSR count). The van der Waals surface area contributed by atoms with E-state index in [-0.39, 0.29) is 19.1 Å². The van der Waals surface area contributed by atoms with Crippen LogP contribution in [0.2, 0.25) is 0 Å². The highest BCUT2D eigenvalue weighted by Gasteiger charge is 2.26. The Kier molecular flexibility index (Phi) is 8.81. The molecule has 0 aliphatic heterocycles. The van der Waals surface area contributed by atoms with E-state index in [1.54, 1.807) is 40.7 Å². The first-order chi connectivity index (χ1) is 17.0. The number of aromatic nitrogens is 3. The molecule has 2 amide bonds. The number of amides is 2. The predicted octanol–water partition coefficient (Wildman–Crippen LogP) is 4.40. The van der Waals surface area contributed by atoms with E-state index in [0.717, 1.165) is 10.4 Å². The third-order valence-electron chi connectivity index (χ3n) is 4.91. The van der Waals surface area contributed by atoms with Crippen LogP contribution < -0.4 is 15.4 Å². The monoisotopic (exact) mass is 512 g/mol. The summed E-state index contributed by atoms with van der Waals surface area (Å²) in [5, 5.41) is 6.66. The number of aryl methyl sites for hydroxylation is 1. The van der Waals surface area contributed by atoms with Crippen molar-refractivity contribution in [3.8, 4) is 16.3 Å². The lowest BCUT2D eigenvalue weighted by Gasteiger charge is -2.28. The van der Waals surface area contributed by atoms with Crippen LogP contribution in [0.25, 0.3) is 10.4 Å². The standard InChI is InChI=1S/C25H32N6O4S/c1-16(31(6)24(33)35-25(3,4)5)22(32)26-12-13-34-21-14-20(28-17(2)29-21)30-23-27-15-19(36-23)18-10-8-7-9-11-18/h7-11,14-16H,12-13H2,1-6H3,(H,26,32)(H,27,28,29,30)/t16-/m0/s1. The first kappa shape index (κ1) is 26.9. The number of thiazole rings is 1. The first-order valence-corrected chi connectivity index (χ1v) is 12.3. The molecule has 36 heavy (non-hydrogen) atoms. The summed E-state index contributed by atoms with van der Waals surface area (Å²) in [6, 6.07) is 11.0. The molecule has 10 nitrogen and oxygen atoms in total. The number of carbonyl (C=O) groups is 2. The summed E-state index contributed by atoms with van der Waals surface area (Å²) in [7, 11) is 1.53. The molecule has 2 aromatic heterocycles. The Morgan fingerprint density at radius 1 is 1.17 bits per heavy atom. The SMILES string of the molecule is Cc1nc(Nc2ncc(-c3ccccc3)s2)cc(OCCNC(=O)[C@H](C)N(C)C(=O)OC(C)(C)C)n1. The van der Waals surface area contributed by atoms with Crippen LogP contribution in [0, 0.1) is 6.92 Å².